The van der Waals surface area contributed by atoms with Gasteiger partial charge < -0.3 is 20.3 Å². The zero-order valence-corrected chi connectivity index (χ0v) is 18.1. The molecule has 2 saturated heterocycles. The van der Waals surface area contributed by atoms with Gasteiger partial charge in [0.15, 0.2) is 0 Å². The van der Waals surface area contributed by atoms with Crippen molar-refractivity contribution in [3.63, 3.8) is 0 Å². The van der Waals surface area contributed by atoms with E-state index in [9.17, 15) is 9.59 Å². The second-order valence-electron chi connectivity index (χ2n) is 8.41. The first-order valence-electron chi connectivity index (χ1n) is 11.2. The van der Waals surface area contributed by atoms with Crippen LogP contribution in [0.1, 0.15) is 52.0 Å². The number of nitrogens with zero attached hydrogens (tertiary/aromatic N) is 1. The number of carbonyl (C=O) groups excluding carboxylic acids is 2. The number of amides is 2. The number of para-hydroxylation sites is 1. The first kappa shape index (κ1) is 21.4. The van der Waals surface area contributed by atoms with E-state index >= 15 is 0 Å². The summed E-state index contributed by atoms with van der Waals surface area (Å²) in [5.74, 6) is -0.0634. The topological polar surface area (TPSA) is 70.7 Å². The predicted octanol–water partition coefficient (Wildman–Crippen LogP) is 3.30. The van der Waals surface area contributed by atoms with Gasteiger partial charge in [0.2, 0.25) is 0 Å². The van der Waals surface area contributed by atoms with E-state index < -0.39 is 0 Å². The van der Waals surface area contributed by atoms with Gasteiger partial charge in [0.25, 0.3) is 11.8 Å². The van der Waals surface area contributed by atoms with Crippen LogP contribution in [0.3, 0.4) is 0 Å². The van der Waals surface area contributed by atoms with Gasteiger partial charge in [-0.1, -0.05) is 30.3 Å². The summed E-state index contributed by atoms with van der Waals surface area (Å²) in [5.41, 5.74) is 3.37. The lowest BCUT2D eigenvalue weighted by Crippen LogP contribution is -2.45. The summed E-state index contributed by atoms with van der Waals surface area (Å²) < 4.78 is 5.61. The predicted molar refractivity (Wildman–Crippen MR) is 122 cm³/mol. The lowest BCUT2D eigenvalue weighted by Gasteiger charge is -2.35. The number of hydrogen-bond acceptors (Lipinski definition) is 4. The van der Waals surface area contributed by atoms with Crippen LogP contribution in [0.25, 0.3) is 0 Å². The molecular weight excluding hydrogens is 390 g/mol. The van der Waals surface area contributed by atoms with Crippen LogP contribution in [0.5, 0.6) is 0 Å². The molecule has 2 amide bonds. The fourth-order valence-corrected chi connectivity index (χ4v) is 4.40. The number of ether oxygens (including phenoxy) is 1. The highest BCUT2D eigenvalue weighted by Crippen LogP contribution is 2.25. The normalized spacial score (nSPS) is 19.3. The number of rotatable bonds is 6. The Balaban J connectivity index is 1.34. The van der Waals surface area contributed by atoms with Crippen LogP contribution in [-0.2, 0) is 4.74 Å². The van der Waals surface area contributed by atoms with Crippen LogP contribution in [0.2, 0.25) is 0 Å². The van der Waals surface area contributed by atoms with Crippen LogP contribution >= 0.6 is 0 Å². The van der Waals surface area contributed by atoms with Crippen LogP contribution in [0, 0.1) is 6.92 Å². The van der Waals surface area contributed by atoms with Crippen LogP contribution < -0.4 is 15.5 Å². The van der Waals surface area contributed by atoms with Crippen LogP contribution in [-0.4, -0.2) is 50.2 Å². The van der Waals surface area contributed by atoms with Crippen molar-refractivity contribution >= 4 is 17.5 Å². The molecule has 0 aliphatic carbocycles. The van der Waals surface area contributed by atoms with E-state index in [-0.39, 0.29) is 24.0 Å². The molecule has 2 heterocycles. The molecule has 6 heteroatoms. The fraction of sp³-hybridized carbons (Fsp3) is 0.440. The first-order chi connectivity index (χ1) is 15.1. The standard InChI is InChI=1S/C25H31N3O3/c1-18-7-2-3-9-21(18)25(30)27-19-12-14-28(15-13-19)23-11-5-4-10-22(23)24(29)26-17-20-8-6-16-31-20/h2-5,7,9-11,19-20H,6,8,12-17H2,1H3,(H,26,29)(H,27,30). The largest absolute Gasteiger partial charge is 0.376 e. The second kappa shape index (κ2) is 9.96. The Bertz CT molecular complexity index is 916. The van der Waals surface area contributed by atoms with Crippen LogP contribution in [0.4, 0.5) is 5.69 Å². The lowest BCUT2D eigenvalue weighted by molar-refractivity contribution is 0.0858. The Morgan fingerprint density at radius 2 is 1.68 bits per heavy atom. The molecule has 2 aromatic rings. The summed E-state index contributed by atoms with van der Waals surface area (Å²) in [7, 11) is 0. The highest BCUT2D eigenvalue weighted by Gasteiger charge is 2.25. The maximum atomic E-state index is 12.8. The van der Waals surface area contributed by atoms with Crippen LogP contribution in [0.15, 0.2) is 48.5 Å². The summed E-state index contributed by atoms with van der Waals surface area (Å²) in [5, 5.41) is 6.21. The Morgan fingerprint density at radius 3 is 2.39 bits per heavy atom. The maximum Gasteiger partial charge on any atom is 0.253 e. The quantitative estimate of drug-likeness (QED) is 0.751. The molecular formula is C25H31N3O3. The number of hydrogen-bond donors (Lipinski definition) is 2. The molecule has 0 saturated carbocycles. The average molecular weight is 422 g/mol. The lowest BCUT2D eigenvalue weighted by atomic mass is 10.0. The number of benzene rings is 2. The molecule has 2 aliphatic rings. The molecule has 6 nitrogen and oxygen atoms in total. The number of nitrogens with one attached hydrogen (secondary N) is 2. The van der Waals surface area contributed by atoms with Crippen molar-refractivity contribution in [3.8, 4) is 0 Å². The SMILES string of the molecule is Cc1ccccc1C(=O)NC1CCN(c2ccccc2C(=O)NCC2CCCO2)CC1. The molecule has 2 aromatic carbocycles. The van der Waals surface area contributed by atoms with E-state index in [4.69, 9.17) is 4.74 Å². The van der Waals surface area contributed by atoms with Crippen molar-refractivity contribution in [3.05, 3.63) is 65.2 Å². The highest BCUT2D eigenvalue weighted by molar-refractivity contribution is 6.00. The smallest absolute Gasteiger partial charge is 0.253 e. The van der Waals surface area contributed by atoms with Gasteiger partial charge in [-0.15, -0.1) is 0 Å². The monoisotopic (exact) mass is 421 g/mol. The van der Waals surface area contributed by atoms with Crippen molar-refractivity contribution in [2.24, 2.45) is 0 Å². The number of carbonyl (C=O) groups is 2. The van der Waals surface area contributed by atoms with E-state index in [1.807, 2.05) is 55.5 Å². The third-order valence-electron chi connectivity index (χ3n) is 6.22. The van der Waals surface area contributed by atoms with Crippen molar-refractivity contribution in [1.29, 1.82) is 0 Å². The molecule has 2 N–H and O–H groups in total. The van der Waals surface area contributed by atoms with Crippen molar-refractivity contribution < 1.29 is 14.3 Å². The van der Waals surface area contributed by atoms with E-state index in [2.05, 4.69) is 15.5 Å². The molecule has 164 valence electrons. The number of piperidine rings is 1. The molecule has 0 spiro atoms. The first-order valence-corrected chi connectivity index (χ1v) is 11.2. The minimum Gasteiger partial charge on any atom is -0.376 e. The zero-order valence-electron chi connectivity index (χ0n) is 18.1. The van der Waals surface area contributed by atoms with E-state index in [1.165, 1.54) is 0 Å². The molecule has 0 bridgehead atoms. The second-order valence-corrected chi connectivity index (χ2v) is 8.41. The Morgan fingerprint density at radius 1 is 0.968 bits per heavy atom. The summed E-state index contributed by atoms with van der Waals surface area (Å²) in [6.07, 6.45) is 3.90. The molecule has 31 heavy (non-hydrogen) atoms. The maximum absolute atomic E-state index is 12.8. The van der Waals surface area contributed by atoms with E-state index in [0.29, 0.717) is 12.1 Å². The van der Waals surface area contributed by atoms with Gasteiger partial charge in [-0.3, -0.25) is 9.59 Å². The molecule has 0 aromatic heterocycles. The van der Waals surface area contributed by atoms with Gasteiger partial charge in [-0.25, -0.2) is 0 Å². The van der Waals surface area contributed by atoms with E-state index in [0.717, 1.165) is 62.2 Å². The van der Waals surface area contributed by atoms with Gasteiger partial charge in [0, 0.05) is 43.5 Å². The number of anilines is 1. The van der Waals surface area contributed by atoms with Gasteiger partial charge in [-0.2, -0.15) is 0 Å². The average Bonchev–Trinajstić information content (AvgIpc) is 3.32. The highest BCUT2D eigenvalue weighted by atomic mass is 16.5. The minimum atomic E-state index is -0.0546. The molecule has 1 atom stereocenters. The van der Waals surface area contributed by atoms with E-state index in [1.54, 1.807) is 0 Å². The van der Waals surface area contributed by atoms with Gasteiger partial charge >= 0.3 is 0 Å². The Kier molecular flexibility index (Phi) is 6.87. The molecule has 2 aliphatic heterocycles. The van der Waals surface area contributed by atoms with Gasteiger partial charge in [-0.05, 0) is 56.4 Å². The van der Waals surface area contributed by atoms with Gasteiger partial charge in [0.1, 0.15) is 0 Å². The summed E-state index contributed by atoms with van der Waals surface area (Å²) >= 11 is 0. The van der Waals surface area contributed by atoms with Crippen molar-refractivity contribution in [2.45, 2.75) is 44.8 Å². The number of aryl methyl sites for hydroxylation is 1. The Labute approximate surface area is 184 Å². The summed E-state index contributed by atoms with van der Waals surface area (Å²) in [4.78, 5) is 27.7. The van der Waals surface area contributed by atoms with Gasteiger partial charge in [0.05, 0.1) is 11.7 Å². The molecule has 2 fully saturated rings. The van der Waals surface area contributed by atoms with Crippen molar-refractivity contribution in [1.82, 2.24) is 10.6 Å². The third-order valence-corrected chi connectivity index (χ3v) is 6.22. The zero-order chi connectivity index (χ0) is 21.6. The summed E-state index contributed by atoms with van der Waals surface area (Å²) in [6, 6.07) is 15.6. The fourth-order valence-electron chi connectivity index (χ4n) is 4.40. The summed E-state index contributed by atoms with van der Waals surface area (Å²) in [6.45, 7) is 4.90. The molecule has 4 rings (SSSR count). The Hall–Kier alpha value is -2.86. The van der Waals surface area contributed by atoms with Crippen molar-refractivity contribution in [2.75, 3.05) is 31.1 Å². The molecule has 0 radical (unpaired) electrons. The molecule has 1 unspecified atom stereocenters. The third kappa shape index (κ3) is 5.25. The minimum absolute atomic E-state index is 0.00883.